The van der Waals surface area contributed by atoms with Crippen molar-refractivity contribution >= 4 is 0 Å². The smallest absolute Gasteiger partial charge is 0.161 e. The molecular formula is C24H36N2O5. The first-order valence-electron chi connectivity index (χ1n) is 10.5. The van der Waals surface area contributed by atoms with E-state index in [1.54, 1.807) is 14.2 Å². The molecule has 0 aromatic heterocycles. The third-order valence-electron chi connectivity index (χ3n) is 4.71. The van der Waals surface area contributed by atoms with Crippen molar-refractivity contribution in [1.82, 2.24) is 9.80 Å². The van der Waals surface area contributed by atoms with Crippen LogP contribution in [0.5, 0.6) is 23.0 Å². The highest BCUT2D eigenvalue weighted by atomic mass is 16.5. The molecule has 0 aliphatic rings. The Balaban J connectivity index is 1.79. The summed E-state index contributed by atoms with van der Waals surface area (Å²) in [6, 6.07) is 13.3. The Kier molecular flexibility index (Phi) is 10.4. The summed E-state index contributed by atoms with van der Waals surface area (Å²) in [5, 5.41) is 10.3. The second kappa shape index (κ2) is 13.0. The summed E-state index contributed by atoms with van der Waals surface area (Å²) in [5.41, 5.74) is 1.09. The van der Waals surface area contributed by atoms with Crippen molar-refractivity contribution in [3.63, 3.8) is 0 Å². The molecule has 2 aromatic carbocycles. The number of likely N-dealkylation sites (N-methyl/N-ethyl adjacent to an activating group) is 1. The van der Waals surface area contributed by atoms with Crippen LogP contribution in [0.15, 0.2) is 42.5 Å². The SMILES string of the molecule is COc1ccc(OC[C@@H](O)CN(C)Cc2ccc(OCCCN(C)C)c(OC)c2)cc1. The first kappa shape index (κ1) is 24.8. The Bertz CT molecular complexity index is 767. The van der Waals surface area contributed by atoms with Gasteiger partial charge in [-0.15, -0.1) is 0 Å². The van der Waals surface area contributed by atoms with Crippen LogP contribution in [-0.4, -0.2) is 82.7 Å². The number of rotatable bonds is 14. The number of methoxy groups -OCH3 is 2. The third kappa shape index (κ3) is 9.04. The molecule has 0 aliphatic carbocycles. The van der Waals surface area contributed by atoms with Crippen molar-refractivity contribution in [2.45, 2.75) is 19.1 Å². The summed E-state index contributed by atoms with van der Waals surface area (Å²) in [5.74, 6) is 2.95. The van der Waals surface area contributed by atoms with Crippen molar-refractivity contribution in [2.75, 3.05) is 61.7 Å². The van der Waals surface area contributed by atoms with Gasteiger partial charge in [-0.05, 0) is 69.5 Å². The number of aliphatic hydroxyl groups excluding tert-OH is 1. The zero-order valence-corrected chi connectivity index (χ0v) is 19.3. The van der Waals surface area contributed by atoms with Crippen molar-refractivity contribution in [3.05, 3.63) is 48.0 Å². The maximum Gasteiger partial charge on any atom is 0.161 e. The fourth-order valence-corrected chi connectivity index (χ4v) is 3.15. The van der Waals surface area contributed by atoms with Gasteiger partial charge >= 0.3 is 0 Å². The van der Waals surface area contributed by atoms with Crippen LogP contribution in [0.1, 0.15) is 12.0 Å². The van der Waals surface area contributed by atoms with Crippen molar-refractivity contribution < 1.29 is 24.1 Å². The number of ether oxygens (including phenoxy) is 4. The highest BCUT2D eigenvalue weighted by Gasteiger charge is 2.12. The van der Waals surface area contributed by atoms with Crippen LogP contribution >= 0.6 is 0 Å². The van der Waals surface area contributed by atoms with Crippen molar-refractivity contribution in [1.29, 1.82) is 0 Å². The molecule has 0 bridgehead atoms. The van der Waals surface area contributed by atoms with E-state index in [2.05, 4.69) is 9.80 Å². The first-order chi connectivity index (χ1) is 14.9. The van der Waals surface area contributed by atoms with Gasteiger partial charge in [0.15, 0.2) is 11.5 Å². The Hall–Kier alpha value is -2.48. The minimum Gasteiger partial charge on any atom is -0.497 e. The molecule has 1 N–H and O–H groups in total. The van der Waals surface area contributed by atoms with E-state index in [9.17, 15) is 5.11 Å². The van der Waals surface area contributed by atoms with Gasteiger partial charge in [0.2, 0.25) is 0 Å². The molecule has 2 aromatic rings. The van der Waals surface area contributed by atoms with E-state index in [0.717, 1.165) is 35.8 Å². The molecule has 0 unspecified atom stereocenters. The lowest BCUT2D eigenvalue weighted by Gasteiger charge is -2.21. The van der Waals surface area contributed by atoms with E-state index in [4.69, 9.17) is 18.9 Å². The molecule has 1 atom stereocenters. The van der Waals surface area contributed by atoms with Gasteiger partial charge in [-0.2, -0.15) is 0 Å². The van der Waals surface area contributed by atoms with Gasteiger partial charge in [-0.3, -0.25) is 4.90 Å². The number of aliphatic hydroxyl groups is 1. The van der Waals surface area contributed by atoms with Crippen LogP contribution in [0.2, 0.25) is 0 Å². The maximum atomic E-state index is 10.3. The summed E-state index contributed by atoms with van der Waals surface area (Å²) in [7, 11) is 9.34. The van der Waals surface area contributed by atoms with Crippen LogP contribution < -0.4 is 18.9 Å². The summed E-state index contributed by atoms with van der Waals surface area (Å²) < 4.78 is 22.2. The van der Waals surface area contributed by atoms with Gasteiger partial charge in [-0.25, -0.2) is 0 Å². The van der Waals surface area contributed by atoms with Crippen LogP contribution in [0.25, 0.3) is 0 Å². The summed E-state index contributed by atoms with van der Waals surface area (Å²) in [6.45, 7) is 3.02. The highest BCUT2D eigenvalue weighted by molar-refractivity contribution is 5.43. The van der Waals surface area contributed by atoms with Crippen LogP contribution in [0.3, 0.4) is 0 Å². The lowest BCUT2D eigenvalue weighted by atomic mass is 10.2. The summed E-state index contributed by atoms with van der Waals surface area (Å²) in [4.78, 5) is 4.18. The van der Waals surface area contributed by atoms with Crippen LogP contribution in [-0.2, 0) is 6.54 Å². The highest BCUT2D eigenvalue weighted by Crippen LogP contribution is 2.28. The fourth-order valence-electron chi connectivity index (χ4n) is 3.15. The number of benzene rings is 2. The zero-order chi connectivity index (χ0) is 22.6. The van der Waals surface area contributed by atoms with Gasteiger partial charge < -0.3 is 29.0 Å². The predicted octanol–water partition coefficient (Wildman–Crippen LogP) is 2.91. The molecule has 0 radical (unpaired) electrons. The normalized spacial score (nSPS) is 12.1. The lowest BCUT2D eigenvalue weighted by molar-refractivity contribution is 0.0743. The van der Waals surface area contributed by atoms with Gasteiger partial charge in [-0.1, -0.05) is 6.07 Å². The molecular weight excluding hydrogens is 396 g/mol. The molecule has 0 heterocycles. The summed E-state index contributed by atoms with van der Waals surface area (Å²) in [6.07, 6.45) is 0.352. The lowest BCUT2D eigenvalue weighted by Crippen LogP contribution is -2.32. The minimum atomic E-state index is -0.603. The molecule has 0 fully saturated rings. The van der Waals surface area contributed by atoms with E-state index in [1.165, 1.54) is 0 Å². The van der Waals surface area contributed by atoms with Gasteiger partial charge in [0.1, 0.15) is 24.2 Å². The van der Waals surface area contributed by atoms with E-state index in [0.29, 0.717) is 25.4 Å². The Morgan fingerprint density at radius 2 is 1.58 bits per heavy atom. The van der Waals surface area contributed by atoms with Gasteiger partial charge in [0.25, 0.3) is 0 Å². The average molecular weight is 433 g/mol. The predicted molar refractivity (Wildman–Crippen MR) is 122 cm³/mol. The molecule has 7 nitrogen and oxygen atoms in total. The third-order valence-corrected chi connectivity index (χ3v) is 4.71. The molecule has 172 valence electrons. The second-order valence-electron chi connectivity index (χ2n) is 7.83. The van der Waals surface area contributed by atoms with E-state index in [-0.39, 0.29) is 6.61 Å². The van der Waals surface area contributed by atoms with Crippen LogP contribution in [0.4, 0.5) is 0 Å². The molecule has 2 rings (SSSR count). The quantitative estimate of drug-likeness (QED) is 0.461. The number of nitrogens with zero attached hydrogens (tertiary/aromatic N) is 2. The van der Waals surface area contributed by atoms with Crippen LogP contribution in [0, 0.1) is 0 Å². The largest absolute Gasteiger partial charge is 0.497 e. The Morgan fingerprint density at radius 3 is 2.23 bits per heavy atom. The minimum absolute atomic E-state index is 0.222. The molecule has 0 saturated heterocycles. The molecule has 0 spiro atoms. The van der Waals surface area contributed by atoms with E-state index < -0.39 is 6.10 Å². The zero-order valence-electron chi connectivity index (χ0n) is 19.3. The first-order valence-corrected chi connectivity index (χ1v) is 10.5. The maximum absolute atomic E-state index is 10.3. The molecule has 0 saturated carbocycles. The molecule has 0 amide bonds. The van der Waals surface area contributed by atoms with Gasteiger partial charge in [0.05, 0.1) is 20.8 Å². The summed E-state index contributed by atoms with van der Waals surface area (Å²) >= 11 is 0. The van der Waals surface area contributed by atoms with Crippen molar-refractivity contribution in [3.8, 4) is 23.0 Å². The topological polar surface area (TPSA) is 63.6 Å². The molecule has 31 heavy (non-hydrogen) atoms. The monoisotopic (exact) mass is 432 g/mol. The van der Waals surface area contributed by atoms with E-state index in [1.807, 2.05) is 63.6 Å². The Morgan fingerprint density at radius 1 is 0.871 bits per heavy atom. The standard InChI is InChI=1S/C24H36N2O5/c1-25(2)13-6-14-30-23-12-7-19(15-24(23)29-5)16-26(3)17-20(27)18-31-22-10-8-21(28-4)9-11-22/h7-12,15,20,27H,6,13-14,16-18H2,1-5H3/t20-/m0/s1. The van der Waals surface area contributed by atoms with Gasteiger partial charge in [0, 0.05) is 19.6 Å². The Labute approximate surface area is 186 Å². The van der Waals surface area contributed by atoms with Crippen molar-refractivity contribution in [2.24, 2.45) is 0 Å². The fraction of sp³-hybridized carbons (Fsp3) is 0.500. The number of hydrogen-bond acceptors (Lipinski definition) is 7. The molecule has 0 aliphatic heterocycles. The average Bonchev–Trinajstić information content (AvgIpc) is 2.76. The van der Waals surface area contributed by atoms with E-state index >= 15 is 0 Å². The molecule has 7 heteroatoms. The second-order valence-corrected chi connectivity index (χ2v) is 7.83. The number of hydrogen-bond donors (Lipinski definition) is 1.